The summed E-state index contributed by atoms with van der Waals surface area (Å²) in [6.45, 7) is 6.00. The first-order valence-electron chi connectivity index (χ1n) is 4.12. The molecule has 3 nitrogen and oxygen atoms in total. The van der Waals surface area contributed by atoms with Crippen LogP contribution in [0.2, 0.25) is 0 Å². The third-order valence-corrected chi connectivity index (χ3v) is 1.55. The summed E-state index contributed by atoms with van der Waals surface area (Å²) >= 11 is 0. The second kappa shape index (κ2) is 3.85. The molecule has 0 saturated heterocycles. The molecule has 0 aromatic carbocycles. The first kappa shape index (κ1) is 8.71. The van der Waals surface area contributed by atoms with Crippen LogP contribution in [-0.4, -0.2) is 15.2 Å². The largest absolute Gasteiger partial charge is 0.282 e. The Morgan fingerprint density at radius 3 is 2.75 bits per heavy atom. The van der Waals surface area contributed by atoms with Crippen LogP contribution in [0.15, 0.2) is 18.5 Å². The Kier molecular flexibility index (Phi) is 2.80. The van der Waals surface area contributed by atoms with E-state index in [9.17, 15) is 0 Å². The van der Waals surface area contributed by atoms with Gasteiger partial charge in [-0.1, -0.05) is 13.8 Å². The summed E-state index contributed by atoms with van der Waals surface area (Å²) in [6, 6.07) is 1.95. The van der Waals surface area contributed by atoms with Gasteiger partial charge in [-0.15, -0.1) is 0 Å². The van der Waals surface area contributed by atoms with Crippen molar-refractivity contribution in [2.45, 2.75) is 20.8 Å². The number of rotatable bonds is 0. The molecular weight excluding hydrogens is 150 g/mol. The van der Waals surface area contributed by atoms with Crippen molar-refractivity contribution in [3.05, 3.63) is 24.2 Å². The fraction of sp³-hybridized carbons (Fsp3) is 0.333. The van der Waals surface area contributed by atoms with Crippen molar-refractivity contribution in [1.82, 2.24) is 15.2 Å². The minimum Gasteiger partial charge on any atom is -0.282 e. The molecule has 0 unspecified atom stereocenters. The molecule has 2 rings (SSSR count). The lowest BCUT2D eigenvalue weighted by Gasteiger charge is -1.83. The van der Waals surface area contributed by atoms with Gasteiger partial charge in [-0.2, -0.15) is 5.10 Å². The Morgan fingerprint density at radius 1 is 1.33 bits per heavy atom. The van der Waals surface area contributed by atoms with Crippen molar-refractivity contribution in [2.75, 3.05) is 0 Å². The lowest BCUT2D eigenvalue weighted by Crippen LogP contribution is -1.70. The third kappa shape index (κ3) is 1.44. The molecule has 0 aliphatic rings. The van der Waals surface area contributed by atoms with Crippen LogP contribution in [-0.2, 0) is 0 Å². The zero-order valence-corrected chi connectivity index (χ0v) is 7.63. The molecule has 0 aliphatic heterocycles. The van der Waals surface area contributed by atoms with E-state index in [-0.39, 0.29) is 0 Å². The average Bonchev–Trinajstić information content (AvgIpc) is 2.53. The van der Waals surface area contributed by atoms with Gasteiger partial charge in [-0.25, -0.2) is 0 Å². The minimum absolute atomic E-state index is 0.931. The summed E-state index contributed by atoms with van der Waals surface area (Å²) in [5.74, 6) is 0. The fourth-order valence-corrected chi connectivity index (χ4v) is 0.997. The van der Waals surface area contributed by atoms with E-state index in [1.807, 2.05) is 26.8 Å². The standard InChI is InChI=1S/C7H7N3.C2H6/c1-5-6-2-3-8-4-7(6)10-9-5;1-2/h2-4H,1H3,(H,9,10);1-2H3. The Bertz CT molecular complexity index is 351. The molecule has 0 spiro atoms. The van der Waals surface area contributed by atoms with Gasteiger partial charge in [0.1, 0.15) is 5.52 Å². The monoisotopic (exact) mass is 163 g/mol. The van der Waals surface area contributed by atoms with Crippen molar-refractivity contribution >= 4 is 10.9 Å². The van der Waals surface area contributed by atoms with Gasteiger partial charge in [0.15, 0.2) is 0 Å². The summed E-state index contributed by atoms with van der Waals surface area (Å²) < 4.78 is 0. The zero-order valence-electron chi connectivity index (χ0n) is 7.63. The first-order valence-corrected chi connectivity index (χ1v) is 4.12. The number of H-pyrrole nitrogens is 1. The molecule has 1 N–H and O–H groups in total. The summed E-state index contributed by atoms with van der Waals surface area (Å²) in [4.78, 5) is 3.94. The Hall–Kier alpha value is -1.38. The summed E-state index contributed by atoms with van der Waals surface area (Å²) in [5, 5.41) is 8.07. The van der Waals surface area contributed by atoms with Gasteiger partial charge < -0.3 is 0 Å². The van der Waals surface area contributed by atoms with Gasteiger partial charge in [0.25, 0.3) is 0 Å². The molecule has 3 heteroatoms. The smallest absolute Gasteiger partial charge is 0.111 e. The Morgan fingerprint density at radius 2 is 2.08 bits per heavy atom. The predicted molar refractivity (Wildman–Crippen MR) is 50.0 cm³/mol. The molecular formula is C9H13N3. The highest BCUT2D eigenvalue weighted by Crippen LogP contribution is 2.11. The van der Waals surface area contributed by atoms with Crippen LogP contribution in [0.1, 0.15) is 19.5 Å². The van der Waals surface area contributed by atoms with Crippen molar-refractivity contribution < 1.29 is 0 Å². The molecule has 0 bridgehead atoms. The molecule has 0 aliphatic carbocycles. The SMILES string of the molecule is CC.Cc1[nH]nc2cnccc12. The average molecular weight is 163 g/mol. The number of aromatic nitrogens is 3. The zero-order chi connectivity index (χ0) is 8.97. The van der Waals surface area contributed by atoms with Crippen LogP contribution in [0.4, 0.5) is 0 Å². The van der Waals surface area contributed by atoms with E-state index in [1.165, 1.54) is 0 Å². The summed E-state index contributed by atoms with van der Waals surface area (Å²) in [6.07, 6.45) is 3.52. The van der Waals surface area contributed by atoms with E-state index in [2.05, 4.69) is 15.2 Å². The molecule has 64 valence electrons. The molecule has 0 saturated carbocycles. The topological polar surface area (TPSA) is 41.6 Å². The van der Waals surface area contributed by atoms with E-state index in [0.717, 1.165) is 16.6 Å². The van der Waals surface area contributed by atoms with Crippen LogP contribution in [0.25, 0.3) is 10.9 Å². The lowest BCUT2D eigenvalue weighted by atomic mass is 10.3. The molecule has 2 heterocycles. The van der Waals surface area contributed by atoms with Gasteiger partial charge in [0, 0.05) is 17.3 Å². The number of fused-ring (bicyclic) bond motifs is 1. The highest BCUT2D eigenvalue weighted by atomic mass is 15.1. The molecule has 2 aromatic heterocycles. The van der Waals surface area contributed by atoms with Gasteiger partial charge in [-0.3, -0.25) is 10.1 Å². The van der Waals surface area contributed by atoms with Crippen molar-refractivity contribution in [3.8, 4) is 0 Å². The molecule has 2 aromatic rings. The van der Waals surface area contributed by atoms with Crippen molar-refractivity contribution in [2.24, 2.45) is 0 Å². The van der Waals surface area contributed by atoms with Crippen molar-refractivity contribution in [3.63, 3.8) is 0 Å². The van der Waals surface area contributed by atoms with Crippen LogP contribution < -0.4 is 0 Å². The normalized spacial score (nSPS) is 9.25. The molecule has 0 atom stereocenters. The summed E-state index contributed by atoms with van der Waals surface area (Å²) in [5.41, 5.74) is 2.03. The van der Waals surface area contributed by atoms with E-state index in [1.54, 1.807) is 12.4 Å². The highest BCUT2D eigenvalue weighted by molar-refractivity contribution is 5.79. The van der Waals surface area contributed by atoms with E-state index in [4.69, 9.17) is 0 Å². The Balaban J connectivity index is 0.000000336. The van der Waals surface area contributed by atoms with E-state index in [0.29, 0.717) is 0 Å². The van der Waals surface area contributed by atoms with Crippen LogP contribution in [0.3, 0.4) is 0 Å². The van der Waals surface area contributed by atoms with Crippen LogP contribution >= 0.6 is 0 Å². The number of nitrogens with zero attached hydrogens (tertiary/aromatic N) is 2. The maximum atomic E-state index is 4.03. The molecule has 0 fully saturated rings. The van der Waals surface area contributed by atoms with Gasteiger partial charge >= 0.3 is 0 Å². The first-order chi connectivity index (χ1) is 5.88. The van der Waals surface area contributed by atoms with E-state index >= 15 is 0 Å². The maximum absolute atomic E-state index is 4.03. The number of nitrogens with one attached hydrogen (secondary N) is 1. The van der Waals surface area contributed by atoms with Crippen LogP contribution in [0.5, 0.6) is 0 Å². The lowest BCUT2D eigenvalue weighted by molar-refractivity contribution is 1.07. The second-order valence-electron chi connectivity index (χ2n) is 2.24. The molecule has 12 heavy (non-hydrogen) atoms. The molecule has 0 amide bonds. The third-order valence-electron chi connectivity index (χ3n) is 1.55. The highest BCUT2D eigenvalue weighted by Gasteiger charge is 1.97. The number of pyridine rings is 1. The number of aromatic amines is 1. The minimum atomic E-state index is 0.931. The van der Waals surface area contributed by atoms with Gasteiger partial charge in [-0.05, 0) is 13.0 Å². The van der Waals surface area contributed by atoms with E-state index < -0.39 is 0 Å². The Labute approximate surface area is 71.8 Å². The fourth-order valence-electron chi connectivity index (χ4n) is 0.997. The second-order valence-corrected chi connectivity index (χ2v) is 2.24. The number of aryl methyl sites for hydroxylation is 1. The quantitative estimate of drug-likeness (QED) is 0.647. The summed E-state index contributed by atoms with van der Waals surface area (Å²) in [7, 11) is 0. The maximum Gasteiger partial charge on any atom is 0.111 e. The van der Waals surface area contributed by atoms with Crippen LogP contribution in [0, 0.1) is 6.92 Å². The number of hydrogen-bond donors (Lipinski definition) is 1. The predicted octanol–water partition coefficient (Wildman–Crippen LogP) is 2.29. The number of hydrogen-bond acceptors (Lipinski definition) is 2. The molecule has 0 radical (unpaired) electrons. The van der Waals surface area contributed by atoms with Gasteiger partial charge in [0.2, 0.25) is 0 Å². The van der Waals surface area contributed by atoms with Gasteiger partial charge in [0.05, 0.1) is 6.20 Å². The van der Waals surface area contributed by atoms with Crippen molar-refractivity contribution in [1.29, 1.82) is 0 Å².